The van der Waals surface area contributed by atoms with Crippen molar-refractivity contribution in [3.05, 3.63) is 65.5 Å². The number of rotatable bonds is 2. The first-order valence-corrected chi connectivity index (χ1v) is 7.94. The van der Waals surface area contributed by atoms with E-state index >= 15 is 0 Å². The molecule has 3 rings (SSSR count). The summed E-state index contributed by atoms with van der Waals surface area (Å²) in [6.45, 7) is 0.694. The van der Waals surface area contributed by atoms with Gasteiger partial charge >= 0.3 is 12.2 Å². The van der Waals surface area contributed by atoms with Gasteiger partial charge in [0.2, 0.25) is 0 Å². The lowest BCUT2D eigenvalue weighted by Gasteiger charge is -2.33. The van der Waals surface area contributed by atoms with Crippen LogP contribution in [-0.4, -0.2) is 30.6 Å². The second kappa shape index (κ2) is 7.33. The SMILES string of the molecule is O=C(Nc1ccccc1F)N1CCOC(c2ccc(C(F)(F)F)cc2)C1. The Morgan fingerprint density at radius 2 is 1.81 bits per heavy atom. The van der Waals surface area contributed by atoms with Crippen LogP contribution in [0.25, 0.3) is 0 Å². The molecular formula is C18H16F4N2O2. The van der Waals surface area contributed by atoms with Crippen molar-refractivity contribution < 1.29 is 27.1 Å². The highest BCUT2D eigenvalue weighted by Crippen LogP contribution is 2.31. The zero-order valence-corrected chi connectivity index (χ0v) is 13.6. The number of carbonyl (C=O) groups is 1. The van der Waals surface area contributed by atoms with Crippen LogP contribution in [0.1, 0.15) is 17.2 Å². The van der Waals surface area contributed by atoms with E-state index in [1.54, 1.807) is 6.07 Å². The van der Waals surface area contributed by atoms with Gasteiger partial charge in [0.25, 0.3) is 0 Å². The summed E-state index contributed by atoms with van der Waals surface area (Å²) in [6, 6.07) is 9.95. The fourth-order valence-corrected chi connectivity index (χ4v) is 2.68. The molecule has 26 heavy (non-hydrogen) atoms. The highest BCUT2D eigenvalue weighted by Gasteiger charge is 2.31. The number of urea groups is 1. The molecule has 0 aliphatic carbocycles. The Morgan fingerprint density at radius 1 is 1.12 bits per heavy atom. The maximum absolute atomic E-state index is 13.6. The molecule has 0 spiro atoms. The molecule has 1 aliphatic heterocycles. The smallest absolute Gasteiger partial charge is 0.370 e. The summed E-state index contributed by atoms with van der Waals surface area (Å²) < 4.78 is 57.1. The summed E-state index contributed by atoms with van der Waals surface area (Å²) in [5.41, 5.74) is -0.136. The van der Waals surface area contributed by atoms with E-state index in [9.17, 15) is 22.4 Å². The number of halogens is 4. The molecule has 2 aromatic carbocycles. The third-order valence-electron chi connectivity index (χ3n) is 4.08. The Bertz CT molecular complexity index is 778. The lowest BCUT2D eigenvalue weighted by molar-refractivity contribution is -0.137. The minimum absolute atomic E-state index is 0.0649. The summed E-state index contributed by atoms with van der Waals surface area (Å²) in [4.78, 5) is 13.8. The largest absolute Gasteiger partial charge is 0.416 e. The number of anilines is 1. The fraction of sp³-hybridized carbons (Fsp3) is 0.278. The number of para-hydroxylation sites is 1. The van der Waals surface area contributed by atoms with Gasteiger partial charge in [-0.15, -0.1) is 0 Å². The van der Waals surface area contributed by atoms with E-state index in [2.05, 4.69) is 5.32 Å². The molecule has 1 fully saturated rings. The van der Waals surface area contributed by atoms with Crippen LogP contribution in [0, 0.1) is 5.82 Å². The fourth-order valence-electron chi connectivity index (χ4n) is 2.68. The molecule has 2 aromatic rings. The molecule has 4 nitrogen and oxygen atoms in total. The summed E-state index contributed by atoms with van der Waals surface area (Å²) in [7, 11) is 0. The molecule has 1 aliphatic rings. The highest BCUT2D eigenvalue weighted by atomic mass is 19.4. The Labute approximate surface area is 147 Å². The van der Waals surface area contributed by atoms with Gasteiger partial charge < -0.3 is 15.0 Å². The third kappa shape index (κ3) is 4.13. The number of alkyl halides is 3. The molecule has 8 heteroatoms. The average Bonchev–Trinajstić information content (AvgIpc) is 2.63. The van der Waals surface area contributed by atoms with Crippen LogP contribution in [-0.2, 0) is 10.9 Å². The van der Waals surface area contributed by atoms with Crippen LogP contribution in [0.4, 0.5) is 28.0 Å². The molecule has 1 atom stereocenters. The molecule has 0 radical (unpaired) electrons. The van der Waals surface area contributed by atoms with E-state index in [1.807, 2.05) is 0 Å². The minimum Gasteiger partial charge on any atom is -0.370 e. The van der Waals surface area contributed by atoms with Crippen molar-refractivity contribution in [2.45, 2.75) is 12.3 Å². The van der Waals surface area contributed by atoms with E-state index < -0.39 is 29.7 Å². The number of nitrogens with one attached hydrogen (secondary N) is 1. The molecule has 138 valence electrons. The third-order valence-corrected chi connectivity index (χ3v) is 4.08. The van der Waals surface area contributed by atoms with Gasteiger partial charge in [-0.2, -0.15) is 13.2 Å². The maximum Gasteiger partial charge on any atom is 0.416 e. The van der Waals surface area contributed by atoms with E-state index in [-0.39, 0.29) is 18.8 Å². The second-order valence-electron chi connectivity index (χ2n) is 5.84. The summed E-state index contributed by atoms with van der Waals surface area (Å²) in [5, 5.41) is 2.49. The lowest BCUT2D eigenvalue weighted by Crippen LogP contribution is -2.44. The monoisotopic (exact) mass is 368 g/mol. The van der Waals surface area contributed by atoms with E-state index in [4.69, 9.17) is 4.74 Å². The van der Waals surface area contributed by atoms with E-state index in [1.165, 1.54) is 35.2 Å². The second-order valence-corrected chi connectivity index (χ2v) is 5.84. The Hall–Kier alpha value is -2.61. The lowest BCUT2D eigenvalue weighted by atomic mass is 10.1. The number of nitrogens with zero attached hydrogens (tertiary/aromatic N) is 1. The standard InChI is InChI=1S/C18H16F4N2O2/c19-14-3-1-2-4-15(14)23-17(25)24-9-10-26-16(11-24)12-5-7-13(8-6-12)18(20,21)22/h1-8,16H,9-11H2,(H,23,25). The summed E-state index contributed by atoms with van der Waals surface area (Å²) >= 11 is 0. The molecule has 1 N–H and O–H groups in total. The van der Waals surface area contributed by atoms with Gasteiger partial charge in [0.05, 0.1) is 24.4 Å². The van der Waals surface area contributed by atoms with Crippen LogP contribution in [0.5, 0.6) is 0 Å². The summed E-state index contributed by atoms with van der Waals surface area (Å²) in [5.74, 6) is -0.548. The highest BCUT2D eigenvalue weighted by molar-refractivity contribution is 5.89. The van der Waals surface area contributed by atoms with Crippen LogP contribution < -0.4 is 5.32 Å². The Morgan fingerprint density at radius 3 is 2.46 bits per heavy atom. The first kappa shape index (κ1) is 18.2. The molecular weight excluding hydrogens is 352 g/mol. The molecule has 0 aromatic heterocycles. The van der Waals surface area contributed by atoms with Gasteiger partial charge in [-0.25, -0.2) is 9.18 Å². The number of morpholine rings is 1. The van der Waals surface area contributed by atoms with Gasteiger partial charge in [-0.1, -0.05) is 24.3 Å². The average molecular weight is 368 g/mol. The quantitative estimate of drug-likeness (QED) is 0.796. The van der Waals surface area contributed by atoms with Crippen LogP contribution in [0.3, 0.4) is 0 Å². The van der Waals surface area contributed by atoms with Crippen LogP contribution in [0.15, 0.2) is 48.5 Å². The van der Waals surface area contributed by atoms with Gasteiger partial charge in [0.15, 0.2) is 0 Å². The van der Waals surface area contributed by atoms with Crippen molar-refractivity contribution in [2.24, 2.45) is 0 Å². The van der Waals surface area contributed by atoms with Crippen molar-refractivity contribution in [1.29, 1.82) is 0 Å². The zero-order chi connectivity index (χ0) is 18.7. The molecule has 2 amide bonds. The van der Waals surface area contributed by atoms with Crippen LogP contribution in [0.2, 0.25) is 0 Å². The van der Waals surface area contributed by atoms with Gasteiger partial charge in [-0.3, -0.25) is 0 Å². The Kier molecular flexibility index (Phi) is 5.13. The van der Waals surface area contributed by atoms with Crippen molar-refractivity contribution in [3.63, 3.8) is 0 Å². The maximum atomic E-state index is 13.6. The van der Waals surface area contributed by atoms with Crippen molar-refractivity contribution in [3.8, 4) is 0 Å². The van der Waals surface area contributed by atoms with Crippen molar-refractivity contribution >= 4 is 11.7 Å². The van der Waals surface area contributed by atoms with E-state index in [0.717, 1.165) is 12.1 Å². The van der Waals surface area contributed by atoms with Gasteiger partial charge in [0.1, 0.15) is 11.9 Å². The number of benzene rings is 2. The van der Waals surface area contributed by atoms with Gasteiger partial charge in [-0.05, 0) is 29.8 Å². The zero-order valence-electron chi connectivity index (χ0n) is 13.6. The molecule has 1 saturated heterocycles. The first-order chi connectivity index (χ1) is 12.3. The number of hydrogen-bond donors (Lipinski definition) is 1. The predicted molar refractivity (Wildman–Crippen MR) is 87.1 cm³/mol. The summed E-state index contributed by atoms with van der Waals surface area (Å²) in [6.07, 6.45) is -4.95. The molecule has 1 heterocycles. The number of hydrogen-bond acceptors (Lipinski definition) is 2. The van der Waals surface area contributed by atoms with Gasteiger partial charge in [0, 0.05) is 6.54 Å². The molecule has 1 unspecified atom stereocenters. The number of ether oxygens (including phenoxy) is 1. The van der Waals surface area contributed by atoms with E-state index in [0.29, 0.717) is 12.1 Å². The normalized spacial score (nSPS) is 17.8. The van der Waals surface area contributed by atoms with Crippen LogP contribution >= 0.6 is 0 Å². The van der Waals surface area contributed by atoms with Crippen molar-refractivity contribution in [2.75, 3.05) is 25.0 Å². The number of carbonyl (C=O) groups excluding carboxylic acids is 1. The number of amides is 2. The Balaban J connectivity index is 1.67. The predicted octanol–water partition coefficient (Wildman–Crippen LogP) is 4.45. The minimum atomic E-state index is -4.41. The molecule has 0 saturated carbocycles. The molecule has 0 bridgehead atoms. The topological polar surface area (TPSA) is 41.6 Å². The first-order valence-electron chi connectivity index (χ1n) is 7.94. The van der Waals surface area contributed by atoms with Crippen molar-refractivity contribution in [1.82, 2.24) is 4.90 Å².